The maximum absolute atomic E-state index is 12.2. The fourth-order valence-corrected chi connectivity index (χ4v) is 4.61. The van der Waals surface area contributed by atoms with Crippen LogP contribution >= 0.6 is 0 Å². The molecule has 2 aliphatic heterocycles. The maximum atomic E-state index is 12.2. The van der Waals surface area contributed by atoms with Crippen LogP contribution in [0.15, 0.2) is 29.4 Å². The van der Waals surface area contributed by atoms with E-state index in [1.165, 1.54) is 19.3 Å². The van der Waals surface area contributed by atoms with Crippen LogP contribution in [0, 0.1) is 5.92 Å². The van der Waals surface area contributed by atoms with E-state index in [1.54, 1.807) is 0 Å². The Labute approximate surface area is 148 Å². The first-order valence-corrected chi connectivity index (χ1v) is 9.60. The fraction of sp³-hybridized carbons (Fsp3) is 0.600. The lowest BCUT2D eigenvalue weighted by atomic mass is 9.89. The van der Waals surface area contributed by atoms with E-state index in [2.05, 4.69) is 27.6 Å². The predicted octanol–water partition coefficient (Wildman–Crippen LogP) is 2.46. The molecule has 25 heavy (non-hydrogen) atoms. The molecule has 0 aromatic heterocycles. The molecule has 2 unspecified atom stereocenters. The van der Waals surface area contributed by atoms with Crippen LogP contribution in [0.3, 0.4) is 0 Å². The quantitative estimate of drug-likeness (QED) is 0.917. The SMILES string of the molecule is O=C1NN=CC2CC12c1ccc(OC2CCN(C3CCC3)CC2)cc1. The second-order valence-electron chi connectivity index (χ2n) is 7.96. The summed E-state index contributed by atoms with van der Waals surface area (Å²) in [6.45, 7) is 2.33. The van der Waals surface area contributed by atoms with Crippen molar-refractivity contribution in [3.63, 3.8) is 0 Å². The molecule has 1 amide bonds. The van der Waals surface area contributed by atoms with Crippen molar-refractivity contribution in [3.05, 3.63) is 29.8 Å². The van der Waals surface area contributed by atoms with Gasteiger partial charge in [0.2, 0.25) is 0 Å². The Balaban J connectivity index is 1.20. The Morgan fingerprint density at radius 1 is 1.12 bits per heavy atom. The Morgan fingerprint density at radius 2 is 1.88 bits per heavy atom. The summed E-state index contributed by atoms with van der Waals surface area (Å²) in [6, 6.07) is 9.00. The van der Waals surface area contributed by atoms with Gasteiger partial charge in [0.05, 0.1) is 5.41 Å². The average Bonchev–Trinajstić information content (AvgIpc) is 3.33. The minimum Gasteiger partial charge on any atom is -0.490 e. The average molecular weight is 339 g/mol. The molecule has 0 bridgehead atoms. The summed E-state index contributed by atoms with van der Waals surface area (Å²) in [5.41, 5.74) is 3.31. The van der Waals surface area contributed by atoms with Gasteiger partial charge in [0.1, 0.15) is 11.9 Å². The van der Waals surface area contributed by atoms with Gasteiger partial charge < -0.3 is 9.64 Å². The first-order valence-electron chi connectivity index (χ1n) is 9.60. The molecule has 0 radical (unpaired) electrons. The standard InChI is InChI=1S/C20H25N3O2/c24-19-20(12-15(20)13-21-22-19)14-4-6-17(7-5-14)25-18-8-10-23(11-9-18)16-2-1-3-16/h4-7,13,15-16,18H,1-3,8-12H2,(H,22,24). The number of hydrogen-bond acceptors (Lipinski definition) is 4. The molecule has 0 spiro atoms. The van der Waals surface area contributed by atoms with Gasteiger partial charge in [0.15, 0.2) is 0 Å². The highest BCUT2D eigenvalue weighted by molar-refractivity contribution is 5.99. The van der Waals surface area contributed by atoms with Crippen molar-refractivity contribution in [2.75, 3.05) is 13.1 Å². The second-order valence-corrected chi connectivity index (χ2v) is 7.96. The number of benzene rings is 1. The summed E-state index contributed by atoms with van der Waals surface area (Å²) < 4.78 is 6.20. The lowest BCUT2D eigenvalue weighted by Gasteiger charge is -2.41. The smallest absolute Gasteiger partial charge is 0.251 e. The van der Waals surface area contributed by atoms with Gasteiger partial charge in [-0.2, -0.15) is 5.10 Å². The van der Waals surface area contributed by atoms with Crippen molar-refractivity contribution in [3.8, 4) is 5.75 Å². The van der Waals surface area contributed by atoms with Crippen LogP contribution in [0.5, 0.6) is 5.75 Å². The van der Waals surface area contributed by atoms with Gasteiger partial charge >= 0.3 is 0 Å². The zero-order valence-corrected chi connectivity index (χ0v) is 14.5. The number of ether oxygens (including phenoxy) is 1. The molecule has 5 rings (SSSR count). The molecule has 132 valence electrons. The number of hydrazone groups is 1. The number of carbonyl (C=O) groups is 1. The van der Waals surface area contributed by atoms with Crippen molar-refractivity contribution in [2.24, 2.45) is 11.0 Å². The van der Waals surface area contributed by atoms with E-state index in [0.717, 1.165) is 49.7 Å². The summed E-state index contributed by atoms with van der Waals surface area (Å²) in [5.74, 6) is 1.20. The highest BCUT2D eigenvalue weighted by Crippen LogP contribution is 2.54. The van der Waals surface area contributed by atoms with Crippen LogP contribution in [-0.4, -0.2) is 42.3 Å². The number of likely N-dealkylation sites (tertiary alicyclic amines) is 1. The molecule has 3 fully saturated rings. The number of nitrogens with zero attached hydrogens (tertiary/aromatic N) is 2. The number of amides is 1. The lowest BCUT2D eigenvalue weighted by Crippen LogP contribution is -2.46. The van der Waals surface area contributed by atoms with Crippen molar-refractivity contribution in [1.29, 1.82) is 0 Å². The number of piperidine rings is 1. The van der Waals surface area contributed by atoms with Gasteiger partial charge in [-0.25, -0.2) is 5.43 Å². The van der Waals surface area contributed by atoms with E-state index >= 15 is 0 Å². The van der Waals surface area contributed by atoms with E-state index in [1.807, 2.05) is 18.3 Å². The molecule has 2 heterocycles. The summed E-state index contributed by atoms with van der Waals surface area (Å²) in [6.07, 6.45) is 9.44. The Bertz CT molecular complexity index is 689. The highest BCUT2D eigenvalue weighted by atomic mass is 16.5. The summed E-state index contributed by atoms with van der Waals surface area (Å²) in [7, 11) is 0. The second kappa shape index (κ2) is 5.84. The Hall–Kier alpha value is -1.88. The number of rotatable bonds is 4. The third kappa shape index (κ3) is 2.56. The molecule has 2 aliphatic carbocycles. The summed E-state index contributed by atoms with van der Waals surface area (Å²) >= 11 is 0. The Morgan fingerprint density at radius 3 is 2.52 bits per heavy atom. The molecule has 1 saturated heterocycles. The zero-order valence-electron chi connectivity index (χ0n) is 14.5. The molecule has 2 atom stereocenters. The van der Waals surface area contributed by atoms with Crippen molar-refractivity contribution in [1.82, 2.24) is 10.3 Å². The van der Waals surface area contributed by atoms with Crippen LogP contribution in [0.25, 0.3) is 0 Å². The molecule has 1 aromatic rings. The van der Waals surface area contributed by atoms with Gasteiger partial charge in [-0.15, -0.1) is 0 Å². The van der Waals surface area contributed by atoms with Gasteiger partial charge in [-0.05, 0) is 49.8 Å². The van der Waals surface area contributed by atoms with Crippen molar-refractivity contribution >= 4 is 12.1 Å². The van der Waals surface area contributed by atoms with Crippen LogP contribution in [0.1, 0.15) is 44.1 Å². The molecule has 1 N–H and O–H groups in total. The van der Waals surface area contributed by atoms with E-state index in [-0.39, 0.29) is 17.2 Å². The first-order chi connectivity index (χ1) is 12.3. The van der Waals surface area contributed by atoms with E-state index in [4.69, 9.17) is 4.74 Å². The van der Waals surface area contributed by atoms with Gasteiger partial charge in [0, 0.05) is 31.3 Å². The number of nitrogens with one attached hydrogen (secondary N) is 1. The van der Waals surface area contributed by atoms with Crippen LogP contribution in [0.4, 0.5) is 0 Å². The molecular formula is C20H25N3O2. The van der Waals surface area contributed by atoms with E-state index < -0.39 is 0 Å². The third-order valence-electron chi connectivity index (χ3n) is 6.58. The van der Waals surface area contributed by atoms with Crippen molar-refractivity contribution < 1.29 is 9.53 Å². The fourth-order valence-electron chi connectivity index (χ4n) is 4.61. The maximum Gasteiger partial charge on any atom is 0.251 e. The normalized spacial score (nSPS) is 32.6. The number of carbonyl (C=O) groups excluding carboxylic acids is 1. The number of hydrogen-bond donors (Lipinski definition) is 1. The first kappa shape index (κ1) is 15.4. The molecule has 1 aromatic carbocycles. The monoisotopic (exact) mass is 339 g/mol. The minimum absolute atomic E-state index is 0.0250. The van der Waals surface area contributed by atoms with Gasteiger partial charge in [0.25, 0.3) is 5.91 Å². The van der Waals surface area contributed by atoms with Gasteiger partial charge in [-0.3, -0.25) is 4.79 Å². The molecule has 5 nitrogen and oxygen atoms in total. The molecule has 2 saturated carbocycles. The van der Waals surface area contributed by atoms with Crippen molar-refractivity contribution in [2.45, 2.75) is 56.1 Å². The topological polar surface area (TPSA) is 53.9 Å². The van der Waals surface area contributed by atoms with Gasteiger partial charge in [-0.1, -0.05) is 18.6 Å². The number of fused-ring (bicyclic) bond motifs is 1. The Kier molecular flexibility index (Phi) is 3.59. The van der Waals surface area contributed by atoms with E-state index in [9.17, 15) is 4.79 Å². The third-order valence-corrected chi connectivity index (χ3v) is 6.58. The lowest BCUT2D eigenvalue weighted by molar-refractivity contribution is -0.124. The highest BCUT2D eigenvalue weighted by Gasteiger charge is 2.61. The summed E-state index contributed by atoms with van der Waals surface area (Å²) in [4.78, 5) is 14.9. The largest absolute Gasteiger partial charge is 0.490 e. The predicted molar refractivity (Wildman–Crippen MR) is 95.7 cm³/mol. The molecular weight excluding hydrogens is 314 g/mol. The van der Waals surface area contributed by atoms with Crippen LogP contribution < -0.4 is 10.2 Å². The molecule has 4 aliphatic rings. The molecule has 5 heteroatoms. The minimum atomic E-state index is -0.381. The van der Waals surface area contributed by atoms with Crippen LogP contribution in [-0.2, 0) is 10.2 Å². The van der Waals surface area contributed by atoms with E-state index in [0.29, 0.717) is 6.10 Å². The zero-order chi connectivity index (χ0) is 16.9. The van der Waals surface area contributed by atoms with Crippen LogP contribution in [0.2, 0.25) is 0 Å². The summed E-state index contributed by atoms with van der Waals surface area (Å²) in [5, 5.41) is 3.92.